The van der Waals surface area contributed by atoms with E-state index in [1.807, 2.05) is 19.4 Å². The lowest BCUT2D eigenvalue weighted by Crippen LogP contribution is -2.39. The molecule has 1 fully saturated rings. The quantitative estimate of drug-likeness (QED) is 0.362. The third-order valence-corrected chi connectivity index (χ3v) is 5.24. The van der Waals surface area contributed by atoms with Gasteiger partial charge in [0.2, 0.25) is 0 Å². The summed E-state index contributed by atoms with van der Waals surface area (Å²) in [4.78, 5) is 11.0. The number of anilines is 1. The lowest BCUT2D eigenvalue weighted by atomic mass is 10.1. The van der Waals surface area contributed by atoms with E-state index in [4.69, 9.17) is 0 Å². The average molecular weight is 493 g/mol. The highest BCUT2D eigenvalue weighted by Gasteiger charge is 2.14. The van der Waals surface area contributed by atoms with E-state index >= 15 is 0 Å². The molecule has 1 atom stereocenters. The zero-order valence-electron chi connectivity index (χ0n) is 17.1. The number of halogens is 1. The van der Waals surface area contributed by atoms with Gasteiger partial charge in [-0.3, -0.25) is 9.98 Å². The molecule has 0 aliphatic carbocycles. The highest BCUT2D eigenvalue weighted by Crippen LogP contribution is 2.23. The number of guanidine groups is 1. The molecule has 0 radical (unpaired) electrons. The van der Waals surface area contributed by atoms with Crippen LogP contribution in [-0.2, 0) is 6.42 Å². The fraction of sp³-hybridized carbons (Fsp3) is 0.455. The molecule has 152 valence electrons. The topological polar surface area (TPSA) is 52.6 Å². The van der Waals surface area contributed by atoms with Gasteiger partial charge in [0.25, 0.3) is 0 Å². The predicted octanol–water partition coefficient (Wildman–Crippen LogP) is 4.08. The van der Waals surface area contributed by atoms with E-state index in [2.05, 4.69) is 69.7 Å². The fourth-order valence-electron chi connectivity index (χ4n) is 3.55. The molecule has 1 saturated heterocycles. The third kappa shape index (κ3) is 6.09. The van der Waals surface area contributed by atoms with Gasteiger partial charge in [0.05, 0.1) is 6.04 Å². The summed E-state index contributed by atoms with van der Waals surface area (Å²) in [6.45, 7) is 7.46. The molecule has 6 heteroatoms. The van der Waals surface area contributed by atoms with Gasteiger partial charge in [0, 0.05) is 44.8 Å². The maximum absolute atomic E-state index is 4.38. The van der Waals surface area contributed by atoms with Crippen molar-refractivity contribution in [3.8, 4) is 0 Å². The number of aryl methyl sites for hydroxylation is 1. The summed E-state index contributed by atoms with van der Waals surface area (Å²) in [6, 6.07) is 11.1. The molecule has 5 nitrogen and oxygen atoms in total. The number of hydrogen-bond acceptors (Lipinski definition) is 3. The van der Waals surface area contributed by atoms with E-state index in [1.54, 1.807) is 0 Å². The number of aromatic nitrogens is 1. The van der Waals surface area contributed by atoms with E-state index in [1.165, 1.54) is 48.3 Å². The second kappa shape index (κ2) is 11.2. The van der Waals surface area contributed by atoms with Crippen molar-refractivity contribution in [2.75, 3.05) is 31.6 Å². The van der Waals surface area contributed by atoms with Crippen LogP contribution in [0.3, 0.4) is 0 Å². The molecule has 2 heterocycles. The SMILES string of the molecule is CN=C(NCCc1ccncc1C)NC(C)c1cccc(N2CCCC2)c1.I. The Bertz CT molecular complexity index is 771. The van der Waals surface area contributed by atoms with Crippen LogP contribution in [0.5, 0.6) is 0 Å². The summed E-state index contributed by atoms with van der Waals surface area (Å²) in [5, 5.41) is 6.93. The van der Waals surface area contributed by atoms with Crippen LogP contribution in [0.1, 0.15) is 42.5 Å². The Kier molecular flexibility index (Phi) is 9.02. The Labute approximate surface area is 186 Å². The summed E-state index contributed by atoms with van der Waals surface area (Å²) >= 11 is 0. The Morgan fingerprint density at radius 3 is 2.75 bits per heavy atom. The van der Waals surface area contributed by atoms with Gasteiger partial charge >= 0.3 is 0 Å². The van der Waals surface area contributed by atoms with Gasteiger partial charge in [-0.1, -0.05) is 12.1 Å². The lowest BCUT2D eigenvalue weighted by Gasteiger charge is -2.22. The standard InChI is InChI=1S/C22H31N5.HI/c1-17-16-24-11-9-19(17)10-12-25-22(23-3)26-18(2)20-7-6-8-21(15-20)27-13-4-5-14-27;/h6-9,11,15-16,18H,4-5,10,12-14H2,1-3H3,(H2,23,25,26);1H. The predicted molar refractivity (Wildman–Crippen MR) is 129 cm³/mol. The molecule has 0 spiro atoms. The normalized spacial score (nSPS) is 15.1. The van der Waals surface area contributed by atoms with E-state index < -0.39 is 0 Å². The van der Waals surface area contributed by atoms with Gasteiger partial charge < -0.3 is 15.5 Å². The summed E-state index contributed by atoms with van der Waals surface area (Å²) in [6.07, 6.45) is 7.31. The van der Waals surface area contributed by atoms with Crippen LogP contribution in [0.25, 0.3) is 0 Å². The first-order valence-corrected chi connectivity index (χ1v) is 9.89. The van der Waals surface area contributed by atoms with E-state index in [-0.39, 0.29) is 30.0 Å². The first-order chi connectivity index (χ1) is 13.2. The monoisotopic (exact) mass is 493 g/mol. The van der Waals surface area contributed by atoms with Crippen molar-refractivity contribution in [3.05, 3.63) is 59.4 Å². The van der Waals surface area contributed by atoms with Crippen LogP contribution in [0.4, 0.5) is 5.69 Å². The number of benzene rings is 1. The highest BCUT2D eigenvalue weighted by molar-refractivity contribution is 14.0. The molecule has 2 N–H and O–H groups in total. The molecule has 0 bridgehead atoms. The maximum Gasteiger partial charge on any atom is 0.191 e. The third-order valence-electron chi connectivity index (χ3n) is 5.24. The Balaban J connectivity index is 0.00000280. The molecule has 1 aromatic heterocycles. The molecule has 0 amide bonds. The van der Waals surface area contributed by atoms with Crippen LogP contribution in [-0.4, -0.2) is 37.6 Å². The van der Waals surface area contributed by atoms with Crippen LogP contribution in [0, 0.1) is 6.92 Å². The van der Waals surface area contributed by atoms with E-state index in [0.29, 0.717) is 0 Å². The number of hydrogen-bond donors (Lipinski definition) is 2. The highest BCUT2D eigenvalue weighted by atomic mass is 127. The Morgan fingerprint density at radius 1 is 1.25 bits per heavy atom. The Morgan fingerprint density at radius 2 is 2.04 bits per heavy atom. The van der Waals surface area contributed by atoms with E-state index in [9.17, 15) is 0 Å². The molecule has 28 heavy (non-hydrogen) atoms. The van der Waals surface area contributed by atoms with Crippen LogP contribution < -0.4 is 15.5 Å². The van der Waals surface area contributed by atoms with Crippen molar-refractivity contribution >= 4 is 35.6 Å². The Hall–Kier alpha value is -1.83. The van der Waals surface area contributed by atoms with Gasteiger partial charge in [0.15, 0.2) is 5.96 Å². The summed E-state index contributed by atoms with van der Waals surface area (Å²) < 4.78 is 0. The minimum absolute atomic E-state index is 0. The summed E-state index contributed by atoms with van der Waals surface area (Å²) in [5.41, 5.74) is 5.16. The lowest BCUT2D eigenvalue weighted by molar-refractivity contribution is 0.683. The van der Waals surface area contributed by atoms with Gasteiger partial charge in [-0.15, -0.1) is 24.0 Å². The number of nitrogens with zero attached hydrogens (tertiary/aromatic N) is 3. The first-order valence-electron chi connectivity index (χ1n) is 9.89. The van der Waals surface area contributed by atoms with Gasteiger partial charge in [-0.05, 0) is 68.0 Å². The number of rotatable bonds is 6. The first kappa shape index (κ1) is 22.5. The molecular weight excluding hydrogens is 461 g/mol. The van der Waals surface area contributed by atoms with Crippen LogP contribution in [0.15, 0.2) is 47.7 Å². The van der Waals surface area contributed by atoms with Gasteiger partial charge in [0.1, 0.15) is 0 Å². The molecule has 1 unspecified atom stereocenters. The molecular formula is C22H32IN5. The minimum atomic E-state index is 0. The number of pyridine rings is 1. The van der Waals surface area contributed by atoms with E-state index in [0.717, 1.165) is 18.9 Å². The van der Waals surface area contributed by atoms with Crippen molar-refractivity contribution in [1.82, 2.24) is 15.6 Å². The van der Waals surface area contributed by atoms with Crippen molar-refractivity contribution < 1.29 is 0 Å². The molecule has 1 aliphatic heterocycles. The molecule has 0 saturated carbocycles. The minimum Gasteiger partial charge on any atom is -0.372 e. The van der Waals surface area contributed by atoms with Crippen molar-refractivity contribution in [2.24, 2.45) is 4.99 Å². The summed E-state index contributed by atoms with van der Waals surface area (Å²) in [7, 11) is 1.82. The molecule has 1 aliphatic rings. The van der Waals surface area contributed by atoms with Crippen molar-refractivity contribution in [3.63, 3.8) is 0 Å². The molecule has 3 rings (SSSR count). The van der Waals surface area contributed by atoms with Gasteiger partial charge in [-0.25, -0.2) is 0 Å². The second-order valence-electron chi connectivity index (χ2n) is 7.21. The zero-order chi connectivity index (χ0) is 19.1. The second-order valence-corrected chi connectivity index (χ2v) is 7.21. The zero-order valence-corrected chi connectivity index (χ0v) is 19.4. The smallest absolute Gasteiger partial charge is 0.191 e. The maximum atomic E-state index is 4.38. The number of nitrogens with one attached hydrogen (secondary N) is 2. The van der Waals surface area contributed by atoms with Gasteiger partial charge in [-0.2, -0.15) is 0 Å². The molecule has 2 aromatic rings. The fourth-order valence-corrected chi connectivity index (χ4v) is 3.55. The van der Waals surface area contributed by atoms with Crippen molar-refractivity contribution in [1.29, 1.82) is 0 Å². The largest absolute Gasteiger partial charge is 0.372 e. The molecule has 1 aromatic carbocycles. The summed E-state index contributed by atoms with van der Waals surface area (Å²) in [5.74, 6) is 0.834. The average Bonchev–Trinajstić information content (AvgIpc) is 3.23. The van der Waals surface area contributed by atoms with Crippen molar-refractivity contribution in [2.45, 2.75) is 39.2 Å². The van der Waals surface area contributed by atoms with Crippen LogP contribution >= 0.6 is 24.0 Å². The number of aliphatic imine (C=N–C) groups is 1. The van der Waals surface area contributed by atoms with Crippen LogP contribution in [0.2, 0.25) is 0 Å².